The summed E-state index contributed by atoms with van der Waals surface area (Å²) in [6.07, 6.45) is 1.34. The molecule has 1 aromatic rings. The zero-order chi connectivity index (χ0) is 21.6. The van der Waals surface area contributed by atoms with Gasteiger partial charge in [0.15, 0.2) is 16.1 Å². The second-order valence-corrected chi connectivity index (χ2v) is 9.15. The molecule has 2 rings (SSSR count). The van der Waals surface area contributed by atoms with Crippen LogP contribution in [0.4, 0.5) is 5.69 Å². The van der Waals surface area contributed by atoms with Gasteiger partial charge < -0.3 is 25.1 Å². The summed E-state index contributed by atoms with van der Waals surface area (Å²) < 4.78 is 11.7. The van der Waals surface area contributed by atoms with Gasteiger partial charge in [-0.2, -0.15) is 0 Å². The van der Waals surface area contributed by atoms with Gasteiger partial charge in [0, 0.05) is 5.75 Å². The van der Waals surface area contributed by atoms with E-state index in [0.29, 0.717) is 28.8 Å². The van der Waals surface area contributed by atoms with Crippen molar-refractivity contribution in [3.63, 3.8) is 0 Å². The summed E-state index contributed by atoms with van der Waals surface area (Å²) >= 11 is 7.82. The third kappa shape index (κ3) is 6.92. The molecule has 10 heteroatoms. The molecular weight excluding hydrogens is 416 g/mol. The first-order chi connectivity index (χ1) is 13.7. The zero-order valence-corrected chi connectivity index (χ0v) is 19.1. The number of nitrogen functional groups attached to an aromatic ring is 1. The van der Waals surface area contributed by atoms with Crippen LogP contribution in [-0.4, -0.2) is 56.1 Å². The summed E-state index contributed by atoms with van der Waals surface area (Å²) in [5, 5.41) is 21.0. The molecule has 0 aromatic carbocycles. The Morgan fingerprint density at radius 3 is 2.62 bits per heavy atom. The Balaban J connectivity index is 1.96. The SMILES string of the molecule is CCCSc1nc(Cl)c(NN)c(CCCC[C@@H]2OC(C)(C)O[C@@H]2[C@@H](O)[C@@H](C)O)n1. The standard InChI is InChI=1S/C19H33ClN4O4S/c1-5-10-29-18-22-12(14(24-21)17(20)23-18)8-6-7-9-13-16(15(26)11(2)25)28-19(3,4)27-13/h11,13,15-16,24-26H,5-10,21H2,1-4H3/t11-,13+,15+,16+/m1/s1. The van der Waals surface area contributed by atoms with Gasteiger partial charge in [-0.15, -0.1) is 0 Å². The maximum absolute atomic E-state index is 10.3. The molecule has 4 atom stereocenters. The number of anilines is 1. The van der Waals surface area contributed by atoms with Gasteiger partial charge >= 0.3 is 0 Å². The van der Waals surface area contributed by atoms with Gasteiger partial charge in [0.05, 0.1) is 17.9 Å². The average Bonchev–Trinajstić information content (AvgIpc) is 2.97. The molecule has 1 saturated heterocycles. The van der Waals surface area contributed by atoms with Crippen LogP contribution in [0, 0.1) is 0 Å². The van der Waals surface area contributed by atoms with E-state index in [2.05, 4.69) is 22.3 Å². The predicted octanol–water partition coefficient (Wildman–Crippen LogP) is 2.89. The van der Waals surface area contributed by atoms with E-state index in [0.717, 1.165) is 30.7 Å². The molecule has 0 spiro atoms. The number of aliphatic hydroxyl groups excluding tert-OH is 2. The highest BCUT2D eigenvalue weighted by molar-refractivity contribution is 7.99. The maximum atomic E-state index is 10.3. The molecule has 8 nitrogen and oxygen atoms in total. The third-order valence-electron chi connectivity index (χ3n) is 4.70. The van der Waals surface area contributed by atoms with Crippen LogP contribution in [0.15, 0.2) is 5.16 Å². The quantitative estimate of drug-likeness (QED) is 0.101. The summed E-state index contributed by atoms with van der Waals surface area (Å²) in [5.41, 5.74) is 3.94. The van der Waals surface area contributed by atoms with Crippen molar-refractivity contribution < 1.29 is 19.7 Å². The number of unbranched alkanes of at least 4 members (excludes halogenated alkanes) is 1. The van der Waals surface area contributed by atoms with Gasteiger partial charge in [-0.25, -0.2) is 9.97 Å². The minimum atomic E-state index is -0.992. The van der Waals surface area contributed by atoms with Crippen molar-refractivity contribution in [2.45, 2.75) is 95.2 Å². The van der Waals surface area contributed by atoms with Crippen LogP contribution in [0.3, 0.4) is 0 Å². The Labute approximate surface area is 181 Å². The fraction of sp³-hybridized carbons (Fsp3) is 0.789. The van der Waals surface area contributed by atoms with Crippen LogP contribution in [0.2, 0.25) is 5.15 Å². The number of thioether (sulfide) groups is 1. The summed E-state index contributed by atoms with van der Waals surface area (Å²) in [4.78, 5) is 8.88. The van der Waals surface area contributed by atoms with E-state index >= 15 is 0 Å². The highest BCUT2D eigenvalue weighted by Crippen LogP contribution is 2.34. The van der Waals surface area contributed by atoms with Crippen molar-refractivity contribution in [1.82, 2.24) is 9.97 Å². The lowest BCUT2D eigenvalue weighted by Gasteiger charge is -2.24. The number of aryl methyl sites for hydroxylation is 1. The van der Waals surface area contributed by atoms with E-state index < -0.39 is 24.1 Å². The smallest absolute Gasteiger partial charge is 0.189 e. The van der Waals surface area contributed by atoms with Crippen molar-refractivity contribution in [2.24, 2.45) is 5.84 Å². The number of ether oxygens (including phenoxy) is 2. The van der Waals surface area contributed by atoms with Gasteiger partial charge in [0.25, 0.3) is 0 Å². The van der Waals surface area contributed by atoms with E-state index in [1.54, 1.807) is 18.7 Å². The highest BCUT2D eigenvalue weighted by atomic mass is 35.5. The highest BCUT2D eigenvalue weighted by Gasteiger charge is 2.45. The number of nitrogens with two attached hydrogens (primary N) is 1. The Morgan fingerprint density at radius 2 is 2.00 bits per heavy atom. The molecule has 0 amide bonds. The zero-order valence-electron chi connectivity index (χ0n) is 17.5. The Morgan fingerprint density at radius 1 is 1.28 bits per heavy atom. The molecule has 0 radical (unpaired) electrons. The molecule has 0 bridgehead atoms. The van der Waals surface area contributed by atoms with Gasteiger partial charge in [0.2, 0.25) is 0 Å². The van der Waals surface area contributed by atoms with Gasteiger partial charge in [0.1, 0.15) is 17.9 Å². The predicted molar refractivity (Wildman–Crippen MR) is 115 cm³/mol. The molecule has 1 aromatic heterocycles. The first-order valence-electron chi connectivity index (χ1n) is 10.1. The largest absolute Gasteiger partial charge is 0.391 e. The van der Waals surface area contributed by atoms with E-state index in [9.17, 15) is 10.2 Å². The number of rotatable bonds is 11. The van der Waals surface area contributed by atoms with Crippen LogP contribution >= 0.6 is 23.4 Å². The van der Waals surface area contributed by atoms with Gasteiger partial charge in [-0.1, -0.05) is 36.7 Å². The molecule has 0 aliphatic carbocycles. The molecule has 1 aliphatic rings. The van der Waals surface area contributed by atoms with Crippen molar-refractivity contribution in [2.75, 3.05) is 11.2 Å². The van der Waals surface area contributed by atoms with Gasteiger partial charge in [-0.05, 0) is 46.5 Å². The monoisotopic (exact) mass is 448 g/mol. The maximum Gasteiger partial charge on any atom is 0.189 e. The molecule has 1 fully saturated rings. The van der Waals surface area contributed by atoms with Crippen molar-refractivity contribution >= 4 is 29.1 Å². The Kier molecular flexibility index (Phi) is 9.40. The second-order valence-electron chi connectivity index (χ2n) is 7.73. The van der Waals surface area contributed by atoms with Crippen LogP contribution in [0.5, 0.6) is 0 Å². The molecule has 29 heavy (non-hydrogen) atoms. The summed E-state index contributed by atoms with van der Waals surface area (Å²) in [6.45, 7) is 7.27. The second kappa shape index (κ2) is 11.1. The van der Waals surface area contributed by atoms with Crippen molar-refractivity contribution in [3.05, 3.63) is 10.8 Å². The molecular formula is C19H33ClN4O4S. The lowest BCUT2D eigenvalue weighted by Crippen LogP contribution is -2.42. The van der Waals surface area contributed by atoms with E-state index in [-0.39, 0.29) is 6.10 Å². The lowest BCUT2D eigenvalue weighted by molar-refractivity contribution is -0.161. The van der Waals surface area contributed by atoms with E-state index in [4.69, 9.17) is 26.9 Å². The number of aliphatic hydroxyl groups is 2. The fourth-order valence-electron chi connectivity index (χ4n) is 3.33. The van der Waals surface area contributed by atoms with Gasteiger partial charge in [-0.3, -0.25) is 5.84 Å². The Bertz CT molecular complexity index is 665. The average molecular weight is 449 g/mol. The molecule has 166 valence electrons. The number of halogens is 1. The van der Waals surface area contributed by atoms with E-state index in [1.807, 2.05) is 13.8 Å². The summed E-state index contributed by atoms with van der Waals surface area (Å²) in [7, 11) is 0. The lowest BCUT2D eigenvalue weighted by atomic mass is 9.99. The van der Waals surface area contributed by atoms with Crippen LogP contribution in [0.1, 0.15) is 59.1 Å². The number of hydrogen-bond donors (Lipinski definition) is 4. The van der Waals surface area contributed by atoms with Crippen molar-refractivity contribution in [3.8, 4) is 0 Å². The van der Waals surface area contributed by atoms with Crippen molar-refractivity contribution in [1.29, 1.82) is 0 Å². The summed E-state index contributed by atoms with van der Waals surface area (Å²) in [5.74, 6) is 5.75. The third-order valence-corrected chi connectivity index (χ3v) is 6.03. The van der Waals surface area contributed by atoms with Crippen LogP contribution < -0.4 is 11.3 Å². The number of nitrogens with one attached hydrogen (secondary N) is 1. The first kappa shape index (κ1) is 24.6. The van der Waals surface area contributed by atoms with Crippen LogP contribution in [0.25, 0.3) is 0 Å². The number of hydrogen-bond acceptors (Lipinski definition) is 9. The molecule has 0 saturated carbocycles. The normalized spacial score (nSPS) is 23.2. The Hall–Kier alpha value is -0.680. The van der Waals surface area contributed by atoms with E-state index in [1.165, 1.54) is 0 Å². The van der Waals surface area contributed by atoms with Crippen LogP contribution in [-0.2, 0) is 15.9 Å². The minimum absolute atomic E-state index is 0.286. The summed E-state index contributed by atoms with van der Waals surface area (Å²) in [6, 6.07) is 0. The minimum Gasteiger partial charge on any atom is -0.391 e. The number of nitrogens with zero attached hydrogens (tertiary/aromatic N) is 2. The molecule has 1 aliphatic heterocycles. The number of hydrazine groups is 1. The topological polar surface area (TPSA) is 123 Å². The fourth-order valence-corrected chi connectivity index (χ4v) is 4.34. The molecule has 0 unspecified atom stereocenters. The molecule has 2 heterocycles. The number of aromatic nitrogens is 2. The molecule has 5 N–H and O–H groups in total. The first-order valence-corrected chi connectivity index (χ1v) is 11.4.